The lowest BCUT2D eigenvalue weighted by Crippen LogP contribution is -2.49. The van der Waals surface area contributed by atoms with E-state index in [4.69, 9.17) is 5.73 Å². The molecule has 16 heavy (non-hydrogen) atoms. The first-order chi connectivity index (χ1) is 7.68. The van der Waals surface area contributed by atoms with Crippen LogP contribution >= 0.6 is 0 Å². The molecule has 0 saturated carbocycles. The molecule has 1 saturated heterocycles. The predicted octanol–water partition coefficient (Wildman–Crippen LogP) is 1.19. The summed E-state index contributed by atoms with van der Waals surface area (Å²) in [6, 6.07) is 4.42. The molecule has 2 N–H and O–H groups in total. The van der Waals surface area contributed by atoms with Gasteiger partial charge in [0, 0.05) is 38.4 Å². The normalized spacial score (nSPS) is 18.1. The van der Waals surface area contributed by atoms with Crippen molar-refractivity contribution in [2.75, 3.05) is 36.8 Å². The smallest absolute Gasteiger partial charge is 0.151 e. The van der Waals surface area contributed by atoms with E-state index in [9.17, 15) is 0 Å². The van der Waals surface area contributed by atoms with Crippen molar-refractivity contribution in [3.63, 3.8) is 0 Å². The van der Waals surface area contributed by atoms with Gasteiger partial charge in [0.25, 0.3) is 0 Å². The quantitative estimate of drug-likeness (QED) is 0.813. The number of piperazine rings is 1. The van der Waals surface area contributed by atoms with Crippen molar-refractivity contribution in [3.8, 4) is 0 Å². The van der Waals surface area contributed by atoms with Crippen LogP contribution in [-0.2, 0) is 0 Å². The molecular weight excluding hydrogens is 200 g/mol. The number of anilines is 2. The first kappa shape index (κ1) is 11.2. The maximum atomic E-state index is 5.93. The van der Waals surface area contributed by atoms with Crippen molar-refractivity contribution in [2.45, 2.75) is 19.9 Å². The van der Waals surface area contributed by atoms with E-state index in [1.807, 2.05) is 12.1 Å². The average molecular weight is 220 g/mol. The number of hydrogen-bond acceptors (Lipinski definition) is 4. The molecule has 1 aromatic rings. The van der Waals surface area contributed by atoms with Gasteiger partial charge in [0.05, 0.1) is 5.69 Å². The molecule has 0 atom stereocenters. The lowest BCUT2D eigenvalue weighted by molar-refractivity contribution is 0.209. The fourth-order valence-corrected chi connectivity index (χ4v) is 2.12. The molecule has 0 amide bonds. The van der Waals surface area contributed by atoms with Crippen LogP contribution in [0.1, 0.15) is 13.8 Å². The van der Waals surface area contributed by atoms with Crippen LogP contribution in [0.15, 0.2) is 18.3 Å². The summed E-state index contributed by atoms with van der Waals surface area (Å²) >= 11 is 0. The molecular formula is C12H20N4. The van der Waals surface area contributed by atoms with E-state index in [1.54, 1.807) is 6.20 Å². The van der Waals surface area contributed by atoms with E-state index in [1.165, 1.54) is 0 Å². The van der Waals surface area contributed by atoms with Crippen LogP contribution < -0.4 is 10.6 Å². The van der Waals surface area contributed by atoms with E-state index in [2.05, 4.69) is 28.6 Å². The highest BCUT2D eigenvalue weighted by atomic mass is 15.3. The summed E-state index contributed by atoms with van der Waals surface area (Å²) in [7, 11) is 0. The lowest BCUT2D eigenvalue weighted by atomic mass is 10.2. The summed E-state index contributed by atoms with van der Waals surface area (Å²) < 4.78 is 0. The Bertz CT molecular complexity index is 343. The third-order valence-electron chi connectivity index (χ3n) is 3.16. The highest BCUT2D eigenvalue weighted by Gasteiger charge is 2.20. The number of nitrogen functional groups attached to an aromatic ring is 1. The van der Waals surface area contributed by atoms with Crippen LogP contribution in [0, 0.1) is 0 Å². The van der Waals surface area contributed by atoms with Gasteiger partial charge in [-0.1, -0.05) is 0 Å². The monoisotopic (exact) mass is 220 g/mol. The van der Waals surface area contributed by atoms with Crippen LogP contribution in [0.4, 0.5) is 11.5 Å². The van der Waals surface area contributed by atoms with Gasteiger partial charge < -0.3 is 10.6 Å². The Hall–Kier alpha value is -1.29. The predicted molar refractivity (Wildman–Crippen MR) is 67.6 cm³/mol. The number of aromatic nitrogens is 1. The van der Waals surface area contributed by atoms with Gasteiger partial charge in [-0.2, -0.15) is 0 Å². The average Bonchev–Trinajstić information content (AvgIpc) is 2.30. The van der Waals surface area contributed by atoms with E-state index in [0.29, 0.717) is 6.04 Å². The third-order valence-corrected chi connectivity index (χ3v) is 3.16. The molecule has 1 aromatic heterocycles. The largest absolute Gasteiger partial charge is 0.396 e. The first-order valence-electron chi connectivity index (χ1n) is 5.88. The summed E-state index contributed by atoms with van der Waals surface area (Å²) in [5.41, 5.74) is 6.71. The van der Waals surface area contributed by atoms with E-state index in [-0.39, 0.29) is 0 Å². The van der Waals surface area contributed by atoms with Crippen LogP contribution in [0.25, 0.3) is 0 Å². The molecule has 1 aliphatic rings. The number of pyridine rings is 1. The van der Waals surface area contributed by atoms with Crippen molar-refractivity contribution in [2.24, 2.45) is 0 Å². The van der Waals surface area contributed by atoms with E-state index in [0.717, 1.165) is 37.7 Å². The molecule has 0 spiro atoms. The van der Waals surface area contributed by atoms with Crippen molar-refractivity contribution in [3.05, 3.63) is 18.3 Å². The molecule has 0 bridgehead atoms. The van der Waals surface area contributed by atoms with Gasteiger partial charge in [0.1, 0.15) is 0 Å². The fraction of sp³-hybridized carbons (Fsp3) is 0.583. The minimum atomic E-state index is 0.628. The molecule has 88 valence electrons. The van der Waals surface area contributed by atoms with Gasteiger partial charge in [0.2, 0.25) is 0 Å². The van der Waals surface area contributed by atoms with Crippen molar-refractivity contribution >= 4 is 11.5 Å². The molecule has 1 fully saturated rings. The maximum Gasteiger partial charge on any atom is 0.151 e. The van der Waals surface area contributed by atoms with Crippen LogP contribution in [-0.4, -0.2) is 42.1 Å². The Morgan fingerprint density at radius 3 is 2.50 bits per heavy atom. The maximum absolute atomic E-state index is 5.93. The van der Waals surface area contributed by atoms with E-state index >= 15 is 0 Å². The highest BCUT2D eigenvalue weighted by Crippen LogP contribution is 2.20. The molecule has 0 aliphatic carbocycles. The molecule has 2 heterocycles. The number of nitrogens with two attached hydrogens (primary N) is 1. The van der Waals surface area contributed by atoms with Crippen LogP contribution in [0.3, 0.4) is 0 Å². The van der Waals surface area contributed by atoms with Gasteiger partial charge in [-0.05, 0) is 26.0 Å². The Morgan fingerprint density at radius 1 is 1.25 bits per heavy atom. The summed E-state index contributed by atoms with van der Waals surface area (Å²) in [5, 5.41) is 0. The first-order valence-corrected chi connectivity index (χ1v) is 5.88. The summed E-state index contributed by atoms with van der Waals surface area (Å²) in [4.78, 5) is 9.11. The standard InChI is InChI=1S/C12H20N4/c1-10(2)15-6-8-16(9-7-15)12-11(13)4-3-5-14-12/h3-5,10H,6-9,13H2,1-2H3. The van der Waals surface area contributed by atoms with Gasteiger partial charge in [0.15, 0.2) is 5.82 Å². The zero-order chi connectivity index (χ0) is 11.5. The topological polar surface area (TPSA) is 45.4 Å². The molecule has 0 radical (unpaired) electrons. The Morgan fingerprint density at radius 2 is 1.94 bits per heavy atom. The van der Waals surface area contributed by atoms with Crippen LogP contribution in [0.2, 0.25) is 0 Å². The van der Waals surface area contributed by atoms with Crippen molar-refractivity contribution in [1.29, 1.82) is 0 Å². The Kier molecular flexibility index (Phi) is 3.29. The number of nitrogens with zero attached hydrogens (tertiary/aromatic N) is 3. The van der Waals surface area contributed by atoms with E-state index < -0.39 is 0 Å². The van der Waals surface area contributed by atoms with Crippen LogP contribution in [0.5, 0.6) is 0 Å². The molecule has 4 heteroatoms. The molecule has 2 rings (SSSR count). The highest BCUT2D eigenvalue weighted by molar-refractivity contribution is 5.62. The minimum Gasteiger partial charge on any atom is -0.396 e. The van der Waals surface area contributed by atoms with Crippen molar-refractivity contribution in [1.82, 2.24) is 9.88 Å². The second kappa shape index (κ2) is 4.70. The zero-order valence-corrected chi connectivity index (χ0v) is 10.1. The van der Waals surface area contributed by atoms with Gasteiger partial charge >= 0.3 is 0 Å². The lowest BCUT2D eigenvalue weighted by Gasteiger charge is -2.37. The van der Waals surface area contributed by atoms with Crippen molar-refractivity contribution < 1.29 is 0 Å². The molecule has 1 aliphatic heterocycles. The molecule has 0 unspecified atom stereocenters. The van der Waals surface area contributed by atoms with Gasteiger partial charge in [-0.15, -0.1) is 0 Å². The third kappa shape index (κ3) is 2.27. The zero-order valence-electron chi connectivity index (χ0n) is 10.1. The second-order valence-electron chi connectivity index (χ2n) is 4.53. The molecule has 4 nitrogen and oxygen atoms in total. The second-order valence-corrected chi connectivity index (χ2v) is 4.53. The fourth-order valence-electron chi connectivity index (χ4n) is 2.12. The minimum absolute atomic E-state index is 0.628. The molecule has 0 aromatic carbocycles. The van der Waals surface area contributed by atoms with Gasteiger partial charge in [-0.25, -0.2) is 4.98 Å². The Labute approximate surface area is 97.1 Å². The summed E-state index contributed by atoms with van der Waals surface area (Å²) in [5.74, 6) is 0.936. The summed E-state index contributed by atoms with van der Waals surface area (Å²) in [6.07, 6.45) is 1.81. The number of rotatable bonds is 2. The SMILES string of the molecule is CC(C)N1CCN(c2ncccc2N)CC1. The number of hydrogen-bond donors (Lipinski definition) is 1. The van der Waals surface area contributed by atoms with Gasteiger partial charge in [-0.3, -0.25) is 4.90 Å². The Balaban J connectivity index is 2.02. The summed E-state index contributed by atoms with van der Waals surface area (Å²) in [6.45, 7) is 8.69.